The molecule has 8 nitrogen and oxygen atoms in total. The van der Waals surface area contributed by atoms with E-state index in [1.54, 1.807) is 24.3 Å². The summed E-state index contributed by atoms with van der Waals surface area (Å²) in [5, 5.41) is 21.9. The number of benzene rings is 4. The van der Waals surface area contributed by atoms with Gasteiger partial charge in [-0.1, -0.05) is 44.0 Å². The molecule has 0 heterocycles. The SMILES string of the molecule is CCCC1CCC(c2ccc(Oc3ccc([N+](=O)[O-])cc3)cc2)(c2ccc(Oc3ccc([N+](=O)[O-])cc3)cc2)CC1. The van der Waals surface area contributed by atoms with Gasteiger partial charge in [0, 0.05) is 29.7 Å². The highest BCUT2D eigenvalue weighted by atomic mass is 16.6. The summed E-state index contributed by atoms with van der Waals surface area (Å²) >= 11 is 0. The highest BCUT2D eigenvalue weighted by Crippen LogP contribution is 2.48. The Morgan fingerprint density at radius 1 is 0.634 bits per heavy atom. The van der Waals surface area contributed by atoms with Crippen LogP contribution in [-0.2, 0) is 5.41 Å². The molecule has 4 aromatic rings. The minimum absolute atomic E-state index is 0.0254. The first kappa shape index (κ1) is 27.8. The second-order valence-electron chi connectivity index (χ2n) is 10.6. The first-order chi connectivity index (χ1) is 19.9. The molecule has 1 fully saturated rings. The fourth-order valence-corrected chi connectivity index (χ4v) is 5.84. The molecule has 0 atom stereocenters. The number of rotatable bonds is 10. The summed E-state index contributed by atoms with van der Waals surface area (Å²) in [7, 11) is 0. The maximum absolute atomic E-state index is 10.9. The van der Waals surface area contributed by atoms with Crippen LogP contribution in [0.15, 0.2) is 97.1 Å². The van der Waals surface area contributed by atoms with E-state index in [1.807, 2.05) is 24.3 Å². The molecule has 1 saturated carbocycles. The van der Waals surface area contributed by atoms with Crippen molar-refractivity contribution >= 4 is 11.4 Å². The van der Waals surface area contributed by atoms with Crippen LogP contribution in [0, 0.1) is 26.1 Å². The Labute approximate surface area is 238 Å². The van der Waals surface area contributed by atoms with E-state index in [4.69, 9.17) is 9.47 Å². The Hall–Kier alpha value is -4.72. The van der Waals surface area contributed by atoms with Gasteiger partial charge < -0.3 is 9.47 Å². The van der Waals surface area contributed by atoms with Gasteiger partial charge in [-0.3, -0.25) is 20.2 Å². The van der Waals surface area contributed by atoms with Gasteiger partial charge in [0.15, 0.2) is 0 Å². The van der Waals surface area contributed by atoms with E-state index < -0.39 is 9.85 Å². The summed E-state index contributed by atoms with van der Waals surface area (Å²) in [4.78, 5) is 21.0. The summed E-state index contributed by atoms with van der Waals surface area (Å²) in [5.74, 6) is 3.17. The molecule has 0 N–H and O–H groups in total. The molecule has 0 unspecified atom stereocenters. The molecule has 41 heavy (non-hydrogen) atoms. The molecule has 5 rings (SSSR count). The number of nitro groups is 2. The van der Waals surface area contributed by atoms with Crippen LogP contribution in [0.3, 0.4) is 0 Å². The third kappa shape index (κ3) is 6.38. The maximum atomic E-state index is 10.9. The molecule has 8 heteroatoms. The van der Waals surface area contributed by atoms with Gasteiger partial charge >= 0.3 is 0 Å². The van der Waals surface area contributed by atoms with E-state index in [0.717, 1.165) is 31.6 Å². The van der Waals surface area contributed by atoms with Gasteiger partial charge in [0.05, 0.1) is 9.85 Å². The number of hydrogen-bond acceptors (Lipinski definition) is 6. The predicted molar refractivity (Wildman–Crippen MR) is 157 cm³/mol. The average molecular weight is 553 g/mol. The number of non-ortho nitro benzene ring substituents is 2. The van der Waals surface area contributed by atoms with Crippen LogP contribution in [0.1, 0.15) is 56.6 Å². The fourth-order valence-electron chi connectivity index (χ4n) is 5.84. The lowest BCUT2D eigenvalue weighted by molar-refractivity contribution is -0.385. The molecule has 0 spiro atoms. The molecule has 0 aliphatic heterocycles. The van der Waals surface area contributed by atoms with Crippen LogP contribution in [-0.4, -0.2) is 9.85 Å². The largest absolute Gasteiger partial charge is 0.457 e. The molecule has 0 amide bonds. The summed E-state index contributed by atoms with van der Waals surface area (Å²) in [6, 6.07) is 28.5. The molecule has 1 aliphatic carbocycles. The van der Waals surface area contributed by atoms with E-state index in [1.165, 1.54) is 48.2 Å². The first-order valence-corrected chi connectivity index (χ1v) is 13.9. The number of nitro benzene ring substituents is 2. The van der Waals surface area contributed by atoms with Crippen LogP contribution in [0.25, 0.3) is 0 Å². The van der Waals surface area contributed by atoms with E-state index >= 15 is 0 Å². The standard InChI is InChI=1S/C33H32N2O6/c1-2-3-24-20-22-33(23-21-24,25-4-12-29(13-5-25)40-31-16-8-27(9-17-31)34(36)37)26-6-14-30(15-7-26)41-32-18-10-28(11-19-32)35(38)39/h4-19,24H,2-3,20-23H2,1H3. The predicted octanol–water partition coefficient (Wildman–Crippen LogP) is 9.36. The zero-order valence-corrected chi connectivity index (χ0v) is 22.9. The van der Waals surface area contributed by atoms with Crippen molar-refractivity contribution in [2.45, 2.75) is 50.9 Å². The molecule has 0 aromatic heterocycles. The number of hydrogen-bond donors (Lipinski definition) is 0. The lowest BCUT2D eigenvalue weighted by atomic mass is 9.62. The molecule has 0 bridgehead atoms. The minimum Gasteiger partial charge on any atom is -0.457 e. The van der Waals surface area contributed by atoms with Crippen molar-refractivity contribution in [2.24, 2.45) is 5.92 Å². The zero-order chi connectivity index (χ0) is 28.8. The number of ether oxygens (including phenoxy) is 2. The van der Waals surface area contributed by atoms with Gasteiger partial charge in [-0.05, 0) is 91.3 Å². The van der Waals surface area contributed by atoms with Gasteiger partial charge in [0.25, 0.3) is 11.4 Å². The highest BCUT2D eigenvalue weighted by Gasteiger charge is 2.38. The monoisotopic (exact) mass is 552 g/mol. The van der Waals surface area contributed by atoms with Gasteiger partial charge in [-0.2, -0.15) is 0 Å². The fraction of sp³-hybridized carbons (Fsp3) is 0.273. The number of nitrogens with zero attached hydrogens (tertiary/aromatic N) is 2. The lowest BCUT2D eigenvalue weighted by Crippen LogP contribution is -2.33. The Balaban J connectivity index is 1.36. The lowest BCUT2D eigenvalue weighted by Gasteiger charge is -2.41. The molecule has 0 saturated heterocycles. The zero-order valence-electron chi connectivity index (χ0n) is 22.9. The molecule has 4 aromatic carbocycles. The topological polar surface area (TPSA) is 105 Å². The Morgan fingerprint density at radius 2 is 0.976 bits per heavy atom. The summed E-state index contributed by atoms with van der Waals surface area (Å²) in [6.07, 6.45) is 6.86. The van der Waals surface area contributed by atoms with E-state index in [2.05, 4.69) is 31.2 Å². The third-order valence-electron chi connectivity index (χ3n) is 8.04. The Morgan fingerprint density at radius 3 is 1.29 bits per heavy atom. The van der Waals surface area contributed by atoms with Crippen LogP contribution >= 0.6 is 0 Å². The molecular weight excluding hydrogens is 520 g/mol. The van der Waals surface area contributed by atoms with Crippen molar-refractivity contribution in [3.05, 3.63) is 128 Å². The van der Waals surface area contributed by atoms with Crippen LogP contribution < -0.4 is 9.47 Å². The van der Waals surface area contributed by atoms with Crippen molar-refractivity contribution in [1.82, 2.24) is 0 Å². The van der Waals surface area contributed by atoms with Crippen molar-refractivity contribution < 1.29 is 19.3 Å². The Bertz CT molecular complexity index is 1370. The van der Waals surface area contributed by atoms with Crippen LogP contribution in [0.4, 0.5) is 11.4 Å². The van der Waals surface area contributed by atoms with E-state index in [0.29, 0.717) is 23.0 Å². The van der Waals surface area contributed by atoms with Crippen molar-refractivity contribution in [3.63, 3.8) is 0 Å². The quantitative estimate of drug-likeness (QED) is 0.143. The second kappa shape index (κ2) is 12.2. The van der Waals surface area contributed by atoms with Crippen LogP contribution in [0.2, 0.25) is 0 Å². The van der Waals surface area contributed by atoms with Crippen molar-refractivity contribution in [1.29, 1.82) is 0 Å². The normalized spacial score (nSPS) is 14.8. The van der Waals surface area contributed by atoms with Gasteiger partial charge in [0.1, 0.15) is 23.0 Å². The van der Waals surface area contributed by atoms with Crippen molar-refractivity contribution in [2.75, 3.05) is 0 Å². The maximum Gasteiger partial charge on any atom is 0.269 e. The molecule has 0 radical (unpaired) electrons. The van der Waals surface area contributed by atoms with Crippen LogP contribution in [0.5, 0.6) is 23.0 Å². The second-order valence-corrected chi connectivity index (χ2v) is 10.6. The average Bonchev–Trinajstić information content (AvgIpc) is 2.99. The third-order valence-corrected chi connectivity index (χ3v) is 8.04. The van der Waals surface area contributed by atoms with E-state index in [9.17, 15) is 20.2 Å². The molecule has 1 aliphatic rings. The molecular formula is C33H32N2O6. The first-order valence-electron chi connectivity index (χ1n) is 13.9. The van der Waals surface area contributed by atoms with Gasteiger partial charge in [-0.15, -0.1) is 0 Å². The van der Waals surface area contributed by atoms with Crippen molar-refractivity contribution in [3.8, 4) is 23.0 Å². The minimum atomic E-state index is -0.429. The van der Waals surface area contributed by atoms with E-state index in [-0.39, 0.29) is 16.8 Å². The highest BCUT2D eigenvalue weighted by molar-refractivity contribution is 5.46. The Kier molecular flexibility index (Phi) is 8.29. The molecule has 210 valence electrons. The van der Waals surface area contributed by atoms with Gasteiger partial charge in [0.2, 0.25) is 0 Å². The summed E-state index contributed by atoms with van der Waals surface area (Å²) < 4.78 is 11.9. The van der Waals surface area contributed by atoms with Gasteiger partial charge in [-0.25, -0.2) is 0 Å². The summed E-state index contributed by atoms with van der Waals surface area (Å²) in [6.45, 7) is 2.25. The smallest absolute Gasteiger partial charge is 0.269 e. The summed E-state index contributed by atoms with van der Waals surface area (Å²) in [5.41, 5.74) is 2.37.